The minimum absolute atomic E-state index is 0.128. The third-order valence-corrected chi connectivity index (χ3v) is 5.13. The van der Waals surface area contributed by atoms with Gasteiger partial charge in [-0.2, -0.15) is 5.10 Å². The van der Waals surface area contributed by atoms with Crippen LogP contribution in [-0.4, -0.2) is 41.6 Å². The van der Waals surface area contributed by atoms with Gasteiger partial charge in [-0.15, -0.1) is 5.10 Å². The van der Waals surface area contributed by atoms with Crippen molar-refractivity contribution in [2.45, 2.75) is 18.6 Å². The summed E-state index contributed by atoms with van der Waals surface area (Å²) < 4.78 is 16.4. The topological polar surface area (TPSA) is 90.5 Å². The standard InChI is InChI=1S/C20H18FN7OS/c1-14-11-18(28(24-14)17-9-7-16(21)8-10-17)22-19(29)13-30-20-23-25-26-27(20)12-15-5-3-2-4-6-15/h2-11H,12-13H2,1H3,(H,22,29). The Kier molecular flexibility index (Phi) is 5.84. The third-order valence-electron chi connectivity index (χ3n) is 4.18. The van der Waals surface area contributed by atoms with E-state index in [2.05, 4.69) is 25.9 Å². The van der Waals surface area contributed by atoms with Crippen molar-refractivity contribution in [2.75, 3.05) is 11.1 Å². The highest BCUT2D eigenvalue weighted by atomic mass is 32.2. The van der Waals surface area contributed by atoms with E-state index in [4.69, 9.17) is 0 Å². The van der Waals surface area contributed by atoms with Crippen LogP contribution >= 0.6 is 11.8 Å². The molecule has 1 N–H and O–H groups in total. The predicted octanol–water partition coefficient (Wildman–Crippen LogP) is 3.09. The number of nitrogens with zero attached hydrogens (tertiary/aromatic N) is 6. The van der Waals surface area contributed by atoms with E-state index >= 15 is 0 Å². The van der Waals surface area contributed by atoms with Crippen LogP contribution in [0.2, 0.25) is 0 Å². The lowest BCUT2D eigenvalue weighted by atomic mass is 10.2. The number of rotatable bonds is 7. The molecule has 2 heterocycles. The van der Waals surface area contributed by atoms with Crippen LogP contribution in [0.5, 0.6) is 0 Å². The molecule has 10 heteroatoms. The number of hydrogen-bond acceptors (Lipinski definition) is 6. The maximum absolute atomic E-state index is 13.2. The van der Waals surface area contributed by atoms with Gasteiger partial charge < -0.3 is 5.32 Å². The predicted molar refractivity (Wildman–Crippen MR) is 111 cm³/mol. The van der Waals surface area contributed by atoms with Gasteiger partial charge in [-0.05, 0) is 47.2 Å². The minimum atomic E-state index is -0.335. The van der Waals surface area contributed by atoms with Gasteiger partial charge in [-0.1, -0.05) is 42.1 Å². The van der Waals surface area contributed by atoms with Gasteiger partial charge in [0.05, 0.1) is 23.7 Å². The summed E-state index contributed by atoms with van der Waals surface area (Å²) in [5, 5.41) is 19.5. The summed E-state index contributed by atoms with van der Waals surface area (Å²) in [6.45, 7) is 2.34. The van der Waals surface area contributed by atoms with Crippen LogP contribution in [-0.2, 0) is 11.3 Å². The van der Waals surface area contributed by atoms with Crippen LogP contribution < -0.4 is 5.32 Å². The molecule has 0 aliphatic rings. The summed E-state index contributed by atoms with van der Waals surface area (Å²) in [4.78, 5) is 12.5. The molecule has 0 bridgehead atoms. The van der Waals surface area contributed by atoms with Crippen LogP contribution in [0.25, 0.3) is 5.69 Å². The minimum Gasteiger partial charge on any atom is -0.310 e. The molecule has 2 aromatic carbocycles. The Bertz CT molecular complexity index is 1140. The van der Waals surface area contributed by atoms with Gasteiger partial charge in [0.1, 0.15) is 11.6 Å². The molecule has 0 spiro atoms. The maximum atomic E-state index is 13.2. The zero-order chi connectivity index (χ0) is 20.9. The average Bonchev–Trinajstić information content (AvgIpc) is 3.33. The maximum Gasteiger partial charge on any atom is 0.236 e. The molecule has 0 fully saturated rings. The van der Waals surface area contributed by atoms with E-state index in [1.54, 1.807) is 27.6 Å². The van der Waals surface area contributed by atoms with Gasteiger partial charge in [0.2, 0.25) is 11.1 Å². The molecule has 4 aromatic rings. The summed E-state index contributed by atoms with van der Waals surface area (Å²) in [6, 6.07) is 17.5. The molecule has 30 heavy (non-hydrogen) atoms. The monoisotopic (exact) mass is 423 g/mol. The zero-order valence-electron chi connectivity index (χ0n) is 16.1. The molecule has 1 amide bonds. The molecule has 0 aliphatic carbocycles. The molecule has 8 nitrogen and oxygen atoms in total. The molecule has 0 saturated carbocycles. The largest absolute Gasteiger partial charge is 0.310 e. The Morgan fingerprint density at radius 2 is 1.90 bits per heavy atom. The van der Waals surface area contributed by atoms with Crippen molar-refractivity contribution in [3.8, 4) is 5.69 Å². The fourth-order valence-electron chi connectivity index (χ4n) is 2.83. The highest BCUT2D eigenvalue weighted by Gasteiger charge is 2.14. The lowest BCUT2D eigenvalue weighted by Crippen LogP contribution is -2.17. The Morgan fingerprint density at radius 3 is 2.67 bits per heavy atom. The summed E-state index contributed by atoms with van der Waals surface area (Å²) in [5.74, 6) is 0.0759. The van der Waals surface area contributed by atoms with Crippen molar-refractivity contribution in [1.82, 2.24) is 30.0 Å². The van der Waals surface area contributed by atoms with Crippen molar-refractivity contribution in [2.24, 2.45) is 0 Å². The van der Waals surface area contributed by atoms with Crippen LogP contribution in [0.1, 0.15) is 11.3 Å². The summed E-state index contributed by atoms with van der Waals surface area (Å²) in [7, 11) is 0. The molecule has 2 aromatic heterocycles. The normalized spacial score (nSPS) is 10.9. The highest BCUT2D eigenvalue weighted by molar-refractivity contribution is 7.99. The van der Waals surface area contributed by atoms with Crippen LogP contribution in [0.4, 0.5) is 10.2 Å². The van der Waals surface area contributed by atoms with Gasteiger partial charge >= 0.3 is 0 Å². The van der Waals surface area contributed by atoms with Crippen LogP contribution in [0.3, 0.4) is 0 Å². The number of thioether (sulfide) groups is 1. The lowest BCUT2D eigenvalue weighted by molar-refractivity contribution is -0.113. The number of amides is 1. The molecular weight excluding hydrogens is 405 g/mol. The Balaban J connectivity index is 1.41. The quantitative estimate of drug-likeness (QED) is 0.460. The van der Waals surface area contributed by atoms with Gasteiger partial charge in [0, 0.05) is 6.07 Å². The number of tetrazole rings is 1. The number of aryl methyl sites for hydroxylation is 1. The van der Waals surface area contributed by atoms with Gasteiger partial charge in [0.15, 0.2) is 0 Å². The van der Waals surface area contributed by atoms with E-state index in [1.807, 2.05) is 37.3 Å². The smallest absolute Gasteiger partial charge is 0.236 e. The second kappa shape index (κ2) is 8.87. The van der Waals surface area contributed by atoms with E-state index in [-0.39, 0.29) is 17.5 Å². The first-order valence-electron chi connectivity index (χ1n) is 9.14. The second-order valence-corrected chi connectivity index (χ2v) is 7.44. The first-order chi connectivity index (χ1) is 14.6. The number of nitrogens with one attached hydrogen (secondary N) is 1. The zero-order valence-corrected chi connectivity index (χ0v) is 16.9. The molecule has 0 unspecified atom stereocenters. The molecule has 0 radical (unpaired) electrons. The number of carbonyl (C=O) groups excluding carboxylic acids is 1. The second-order valence-electron chi connectivity index (χ2n) is 6.50. The van der Waals surface area contributed by atoms with Crippen LogP contribution in [0, 0.1) is 12.7 Å². The summed E-state index contributed by atoms with van der Waals surface area (Å²) in [6.07, 6.45) is 0. The van der Waals surface area contributed by atoms with Crippen molar-refractivity contribution in [3.05, 3.63) is 77.7 Å². The number of benzene rings is 2. The first kappa shape index (κ1) is 19.8. The third kappa shape index (κ3) is 4.71. The Morgan fingerprint density at radius 1 is 1.13 bits per heavy atom. The molecule has 0 saturated heterocycles. The van der Waals surface area contributed by atoms with Crippen molar-refractivity contribution in [3.63, 3.8) is 0 Å². The van der Waals surface area contributed by atoms with Gasteiger partial charge in [-0.25, -0.2) is 13.8 Å². The van der Waals surface area contributed by atoms with Gasteiger partial charge in [-0.3, -0.25) is 4.79 Å². The van der Waals surface area contributed by atoms with E-state index in [1.165, 1.54) is 23.9 Å². The Labute approximate surface area is 176 Å². The number of hydrogen-bond donors (Lipinski definition) is 1. The fourth-order valence-corrected chi connectivity index (χ4v) is 3.51. The molecule has 0 atom stereocenters. The van der Waals surface area contributed by atoms with E-state index in [0.717, 1.165) is 11.3 Å². The van der Waals surface area contributed by atoms with Crippen molar-refractivity contribution < 1.29 is 9.18 Å². The molecular formula is C20H18FN7OS. The van der Waals surface area contributed by atoms with E-state index < -0.39 is 0 Å². The molecule has 152 valence electrons. The molecule has 0 aliphatic heterocycles. The van der Waals surface area contributed by atoms with Crippen LogP contribution in [0.15, 0.2) is 65.8 Å². The lowest BCUT2D eigenvalue weighted by Gasteiger charge is -2.09. The first-order valence-corrected chi connectivity index (χ1v) is 10.1. The number of halogens is 1. The highest BCUT2D eigenvalue weighted by Crippen LogP contribution is 2.19. The summed E-state index contributed by atoms with van der Waals surface area (Å²) >= 11 is 1.25. The SMILES string of the molecule is Cc1cc(NC(=O)CSc2nnnn2Cc2ccccc2)n(-c2ccc(F)cc2)n1. The van der Waals surface area contributed by atoms with Crippen molar-refractivity contribution in [1.29, 1.82) is 0 Å². The van der Waals surface area contributed by atoms with Crippen molar-refractivity contribution >= 4 is 23.5 Å². The summed E-state index contributed by atoms with van der Waals surface area (Å²) in [5.41, 5.74) is 2.45. The van der Waals surface area contributed by atoms with E-state index in [0.29, 0.717) is 23.2 Å². The van der Waals surface area contributed by atoms with E-state index in [9.17, 15) is 9.18 Å². The number of carbonyl (C=O) groups is 1. The molecule has 4 rings (SSSR count). The number of anilines is 1. The number of aromatic nitrogens is 6. The fraction of sp³-hybridized carbons (Fsp3) is 0.150. The average molecular weight is 423 g/mol. The van der Waals surface area contributed by atoms with Gasteiger partial charge in [0.25, 0.3) is 0 Å². The Hall–Kier alpha value is -3.53.